The summed E-state index contributed by atoms with van der Waals surface area (Å²) in [5.74, 6) is -1.26. The van der Waals surface area contributed by atoms with Gasteiger partial charge in [0.1, 0.15) is 0 Å². The lowest BCUT2D eigenvalue weighted by Gasteiger charge is -2.33. The number of imide groups is 2. The van der Waals surface area contributed by atoms with Crippen molar-refractivity contribution in [3.8, 4) is 0 Å². The Morgan fingerprint density at radius 3 is 1.89 bits per heavy atom. The minimum atomic E-state index is -0.402. The second kappa shape index (κ2) is 9.04. The van der Waals surface area contributed by atoms with Crippen LogP contribution in [0.1, 0.15) is 61.3 Å². The van der Waals surface area contributed by atoms with Gasteiger partial charge in [0.2, 0.25) is 11.8 Å². The van der Waals surface area contributed by atoms with Crippen molar-refractivity contribution >= 4 is 35.4 Å². The van der Waals surface area contributed by atoms with Crippen LogP contribution in [0.4, 0.5) is 0 Å². The second-order valence-electron chi connectivity index (χ2n) is 8.35. The Hall–Kier alpha value is -1.63. The number of thioether (sulfide) groups is 1. The smallest absolute Gasteiger partial charge is 0.253 e. The molecule has 27 heavy (non-hydrogen) atoms. The van der Waals surface area contributed by atoms with E-state index in [1.807, 2.05) is 13.8 Å². The number of rotatable bonds is 6. The van der Waals surface area contributed by atoms with Crippen molar-refractivity contribution in [2.24, 2.45) is 5.41 Å². The minimum absolute atomic E-state index is 0.0465. The fourth-order valence-electron chi connectivity index (χ4n) is 3.54. The molecule has 0 N–H and O–H groups in total. The maximum Gasteiger partial charge on any atom is 0.253 e. The molecule has 2 heterocycles. The molecule has 0 aromatic carbocycles. The molecule has 6 nitrogen and oxygen atoms in total. The predicted octanol–water partition coefficient (Wildman–Crippen LogP) is 3.01. The van der Waals surface area contributed by atoms with Crippen LogP contribution in [0.3, 0.4) is 0 Å². The molecule has 1 fully saturated rings. The first kappa shape index (κ1) is 23.4. The summed E-state index contributed by atoms with van der Waals surface area (Å²) in [7, 11) is 0. The van der Waals surface area contributed by atoms with E-state index < -0.39 is 17.1 Å². The van der Waals surface area contributed by atoms with E-state index >= 15 is 0 Å². The molecule has 7 heteroatoms. The van der Waals surface area contributed by atoms with E-state index in [-0.39, 0.29) is 41.5 Å². The molecule has 0 aromatic rings. The van der Waals surface area contributed by atoms with Crippen molar-refractivity contribution in [1.29, 1.82) is 0 Å². The first-order valence-electron chi connectivity index (χ1n) is 9.45. The van der Waals surface area contributed by atoms with Crippen LogP contribution in [-0.4, -0.2) is 56.5 Å². The summed E-state index contributed by atoms with van der Waals surface area (Å²) in [6, 6.07) is 0. The topological polar surface area (TPSA) is 74.8 Å². The molecule has 0 spiro atoms. The zero-order valence-corrected chi connectivity index (χ0v) is 18.3. The van der Waals surface area contributed by atoms with Gasteiger partial charge in [0.25, 0.3) is 11.8 Å². The van der Waals surface area contributed by atoms with Crippen LogP contribution in [0.15, 0.2) is 12.2 Å². The number of likely N-dealkylation sites (tertiary alicyclic amines) is 1. The van der Waals surface area contributed by atoms with Crippen molar-refractivity contribution in [3.05, 3.63) is 12.2 Å². The molecule has 0 radical (unpaired) electrons. The molecule has 0 aromatic heterocycles. The minimum Gasteiger partial charge on any atom is -0.280 e. The largest absolute Gasteiger partial charge is 0.280 e. The van der Waals surface area contributed by atoms with Crippen LogP contribution in [0.25, 0.3) is 0 Å². The van der Waals surface area contributed by atoms with Gasteiger partial charge in [0, 0.05) is 36.4 Å². The maximum atomic E-state index is 12.6. The van der Waals surface area contributed by atoms with E-state index in [2.05, 4.69) is 34.6 Å². The molecule has 2 rings (SSSR count). The summed E-state index contributed by atoms with van der Waals surface area (Å²) in [5.41, 5.74) is 0.130. The van der Waals surface area contributed by atoms with Gasteiger partial charge in [-0.3, -0.25) is 29.0 Å². The van der Waals surface area contributed by atoms with Gasteiger partial charge in [-0.25, -0.2) is 0 Å². The van der Waals surface area contributed by atoms with E-state index in [0.29, 0.717) is 0 Å². The maximum absolute atomic E-state index is 12.6. The molecule has 0 aliphatic carbocycles. The standard InChI is InChI=1S/C18H26N2O4S.C2H6/c1-17(2,3)11-18(4,5)25-12-10-15(23)20(16(12)24)9-8-19-13(21)6-7-14(19)22;1-2/h6-7,12H,8-11H2,1-5H3;1-2H3. The number of carbonyl (C=O) groups excluding carboxylic acids is 4. The quantitative estimate of drug-likeness (QED) is 0.645. The van der Waals surface area contributed by atoms with Gasteiger partial charge in [0.15, 0.2) is 0 Å². The molecular weight excluding hydrogens is 364 g/mol. The van der Waals surface area contributed by atoms with E-state index in [1.54, 1.807) is 0 Å². The Morgan fingerprint density at radius 1 is 0.926 bits per heavy atom. The van der Waals surface area contributed by atoms with E-state index in [1.165, 1.54) is 28.8 Å². The van der Waals surface area contributed by atoms with Gasteiger partial charge in [-0.15, -0.1) is 11.8 Å². The highest BCUT2D eigenvalue weighted by Crippen LogP contribution is 2.41. The van der Waals surface area contributed by atoms with Crippen molar-refractivity contribution < 1.29 is 19.2 Å². The third-order valence-electron chi connectivity index (χ3n) is 4.07. The zero-order valence-electron chi connectivity index (χ0n) is 17.5. The normalized spacial score (nSPS) is 20.5. The third kappa shape index (κ3) is 6.48. The number of carbonyl (C=O) groups is 4. The monoisotopic (exact) mass is 396 g/mol. The first-order chi connectivity index (χ1) is 12.4. The predicted molar refractivity (Wildman–Crippen MR) is 108 cm³/mol. The van der Waals surface area contributed by atoms with Gasteiger partial charge < -0.3 is 0 Å². The highest BCUT2D eigenvalue weighted by Gasteiger charge is 2.42. The molecule has 1 saturated heterocycles. The Bertz CT molecular complexity index is 616. The lowest BCUT2D eigenvalue weighted by Crippen LogP contribution is -2.41. The van der Waals surface area contributed by atoms with Crippen molar-refractivity contribution in [2.45, 2.75) is 71.3 Å². The molecular formula is C20H32N2O4S. The molecule has 1 unspecified atom stereocenters. The van der Waals surface area contributed by atoms with Crippen LogP contribution in [0.2, 0.25) is 0 Å². The molecule has 152 valence electrons. The summed E-state index contributed by atoms with van der Waals surface area (Å²) in [6.07, 6.45) is 3.50. The van der Waals surface area contributed by atoms with E-state index in [4.69, 9.17) is 0 Å². The molecule has 1 atom stereocenters. The van der Waals surface area contributed by atoms with Crippen LogP contribution in [0, 0.1) is 5.41 Å². The Morgan fingerprint density at radius 2 is 1.41 bits per heavy atom. The summed E-state index contributed by atoms with van der Waals surface area (Å²) in [5, 5.41) is -0.395. The molecule has 0 saturated carbocycles. The highest BCUT2D eigenvalue weighted by atomic mass is 32.2. The summed E-state index contributed by atoms with van der Waals surface area (Å²) in [4.78, 5) is 50.2. The summed E-state index contributed by atoms with van der Waals surface area (Å²) < 4.78 is -0.125. The number of amides is 4. The second-order valence-corrected chi connectivity index (χ2v) is 10.3. The highest BCUT2D eigenvalue weighted by molar-refractivity contribution is 8.02. The molecule has 2 aliphatic heterocycles. The lowest BCUT2D eigenvalue weighted by molar-refractivity contribution is -0.142. The van der Waals surface area contributed by atoms with Crippen molar-refractivity contribution in [2.75, 3.05) is 13.1 Å². The lowest BCUT2D eigenvalue weighted by atomic mass is 9.86. The summed E-state index contributed by atoms with van der Waals surface area (Å²) >= 11 is 1.54. The van der Waals surface area contributed by atoms with Crippen molar-refractivity contribution in [3.63, 3.8) is 0 Å². The molecule has 0 bridgehead atoms. The van der Waals surface area contributed by atoms with E-state index in [0.717, 1.165) is 11.3 Å². The van der Waals surface area contributed by atoms with Gasteiger partial charge in [-0.05, 0) is 11.8 Å². The van der Waals surface area contributed by atoms with Crippen LogP contribution in [0.5, 0.6) is 0 Å². The van der Waals surface area contributed by atoms with E-state index in [9.17, 15) is 19.2 Å². The van der Waals surface area contributed by atoms with Gasteiger partial charge >= 0.3 is 0 Å². The number of nitrogens with zero attached hydrogens (tertiary/aromatic N) is 2. The van der Waals surface area contributed by atoms with Crippen LogP contribution < -0.4 is 0 Å². The van der Waals surface area contributed by atoms with Gasteiger partial charge in [-0.2, -0.15) is 0 Å². The average molecular weight is 397 g/mol. The fourth-order valence-corrected chi connectivity index (χ4v) is 5.28. The molecule has 2 aliphatic rings. The van der Waals surface area contributed by atoms with Crippen LogP contribution >= 0.6 is 11.8 Å². The summed E-state index contributed by atoms with van der Waals surface area (Å²) in [6.45, 7) is 14.8. The Labute approximate surface area is 166 Å². The zero-order chi connectivity index (χ0) is 21.0. The van der Waals surface area contributed by atoms with Crippen molar-refractivity contribution in [1.82, 2.24) is 9.80 Å². The van der Waals surface area contributed by atoms with Gasteiger partial charge in [0.05, 0.1) is 5.25 Å². The third-order valence-corrected chi connectivity index (χ3v) is 5.50. The number of hydrogen-bond acceptors (Lipinski definition) is 5. The molecule has 4 amide bonds. The van der Waals surface area contributed by atoms with Gasteiger partial charge in [-0.1, -0.05) is 48.5 Å². The average Bonchev–Trinajstić information content (AvgIpc) is 2.97. The number of hydrogen-bond donors (Lipinski definition) is 0. The Kier molecular flexibility index (Phi) is 7.84. The Balaban J connectivity index is 0.00000176. The fraction of sp³-hybridized carbons (Fsp3) is 0.700. The van der Waals surface area contributed by atoms with Crippen LogP contribution in [-0.2, 0) is 19.2 Å². The first-order valence-corrected chi connectivity index (χ1v) is 10.3. The SMILES string of the molecule is CC.CC(C)(C)CC(C)(C)SC1CC(=O)N(CCN2C(=O)C=CC2=O)C1=O.